The third kappa shape index (κ3) is 4.72. The molecule has 0 saturated heterocycles. The van der Waals surface area contributed by atoms with Crippen LogP contribution in [0.1, 0.15) is 31.9 Å². The van der Waals surface area contributed by atoms with Crippen LogP contribution in [0.4, 0.5) is 0 Å². The summed E-state index contributed by atoms with van der Waals surface area (Å²) in [6.45, 7) is 11.3. The average molecular weight is 323 g/mol. The van der Waals surface area contributed by atoms with Gasteiger partial charge in [0.05, 0.1) is 0 Å². The van der Waals surface area contributed by atoms with E-state index in [-0.39, 0.29) is 5.04 Å². The SMILES string of the molecule is CC(C)(C)[Si](C)(C)OC(=C=Cc1ccccc1)c1ccccc1. The molecule has 2 heteroatoms. The minimum atomic E-state index is -1.91. The quantitative estimate of drug-likeness (QED) is 0.361. The Hall–Kier alpha value is -2.02. The van der Waals surface area contributed by atoms with Crippen LogP contribution in [-0.4, -0.2) is 8.32 Å². The molecule has 1 nitrogen and oxygen atoms in total. The molecule has 120 valence electrons. The highest BCUT2D eigenvalue weighted by Gasteiger charge is 2.39. The molecule has 23 heavy (non-hydrogen) atoms. The Morgan fingerprint density at radius 2 is 1.43 bits per heavy atom. The Kier molecular flexibility index (Phi) is 5.30. The summed E-state index contributed by atoms with van der Waals surface area (Å²) in [4.78, 5) is 0. The molecule has 0 aliphatic carbocycles. The van der Waals surface area contributed by atoms with Crippen LogP contribution in [0.3, 0.4) is 0 Å². The minimum Gasteiger partial charge on any atom is -0.538 e. The third-order valence-electron chi connectivity index (χ3n) is 4.37. The van der Waals surface area contributed by atoms with Crippen molar-refractivity contribution >= 4 is 20.2 Å². The fourth-order valence-electron chi connectivity index (χ4n) is 1.87. The van der Waals surface area contributed by atoms with Crippen molar-refractivity contribution in [2.24, 2.45) is 0 Å². The summed E-state index contributed by atoms with van der Waals surface area (Å²) in [7, 11) is -1.91. The zero-order valence-electron chi connectivity index (χ0n) is 14.8. The lowest BCUT2D eigenvalue weighted by Crippen LogP contribution is -2.40. The van der Waals surface area contributed by atoms with Gasteiger partial charge in [0.25, 0.3) is 8.32 Å². The van der Waals surface area contributed by atoms with Gasteiger partial charge in [0.15, 0.2) is 5.76 Å². The number of benzene rings is 2. The van der Waals surface area contributed by atoms with Gasteiger partial charge in [-0.15, -0.1) is 0 Å². The van der Waals surface area contributed by atoms with Crippen LogP contribution in [0.5, 0.6) is 0 Å². The standard InChI is InChI=1S/C21H26OSi/c1-21(2,3)23(4,5)22-20(19-14-10-7-11-15-19)17-16-18-12-8-6-9-13-18/h6-16H,1-5H3. The Morgan fingerprint density at radius 3 is 1.96 bits per heavy atom. The van der Waals surface area contributed by atoms with E-state index in [1.54, 1.807) is 0 Å². The summed E-state index contributed by atoms with van der Waals surface area (Å²) in [6.07, 6.45) is 2.00. The molecule has 2 aromatic rings. The van der Waals surface area contributed by atoms with Gasteiger partial charge in [0.2, 0.25) is 0 Å². The summed E-state index contributed by atoms with van der Waals surface area (Å²) in [5.41, 5.74) is 5.58. The van der Waals surface area contributed by atoms with E-state index >= 15 is 0 Å². The molecule has 0 N–H and O–H groups in total. The Bertz CT molecular complexity index is 688. The summed E-state index contributed by atoms with van der Waals surface area (Å²) in [5.74, 6) is 0.834. The van der Waals surface area contributed by atoms with Crippen LogP contribution >= 0.6 is 0 Å². The third-order valence-corrected chi connectivity index (χ3v) is 8.70. The van der Waals surface area contributed by atoms with E-state index < -0.39 is 8.32 Å². The van der Waals surface area contributed by atoms with E-state index in [9.17, 15) is 0 Å². The van der Waals surface area contributed by atoms with Crippen molar-refractivity contribution in [3.63, 3.8) is 0 Å². The number of hydrogen-bond acceptors (Lipinski definition) is 1. The molecule has 2 aromatic carbocycles. The molecule has 0 bridgehead atoms. The molecule has 0 fully saturated rings. The molecule has 0 aromatic heterocycles. The molecular formula is C21H26OSi. The summed E-state index contributed by atoms with van der Waals surface area (Å²) < 4.78 is 6.52. The molecule has 0 amide bonds. The van der Waals surface area contributed by atoms with Gasteiger partial charge in [-0.1, -0.05) is 87.2 Å². The first-order valence-corrected chi connectivity index (χ1v) is 11.0. The van der Waals surface area contributed by atoms with Crippen molar-refractivity contribution in [3.8, 4) is 0 Å². The van der Waals surface area contributed by atoms with E-state index in [0.717, 1.165) is 16.9 Å². The molecular weight excluding hydrogens is 296 g/mol. The normalized spacial score (nSPS) is 11.5. The maximum atomic E-state index is 6.52. The van der Waals surface area contributed by atoms with Gasteiger partial charge in [-0.05, 0) is 29.8 Å². The van der Waals surface area contributed by atoms with E-state index in [2.05, 4.69) is 63.9 Å². The van der Waals surface area contributed by atoms with Gasteiger partial charge >= 0.3 is 0 Å². The first-order valence-electron chi connectivity index (χ1n) is 8.06. The lowest BCUT2D eigenvalue weighted by Gasteiger charge is -2.36. The second-order valence-corrected chi connectivity index (χ2v) is 12.0. The highest BCUT2D eigenvalue weighted by Crippen LogP contribution is 2.39. The van der Waals surface area contributed by atoms with Crippen molar-refractivity contribution in [1.82, 2.24) is 0 Å². The van der Waals surface area contributed by atoms with E-state index in [4.69, 9.17) is 4.43 Å². The number of rotatable bonds is 4. The molecule has 0 aliphatic rings. The molecule has 0 spiro atoms. The first kappa shape index (κ1) is 17.3. The maximum Gasteiger partial charge on any atom is 0.251 e. The highest BCUT2D eigenvalue weighted by atomic mass is 28.4. The summed E-state index contributed by atoms with van der Waals surface area (Å²) in [5, 5.41) is 0.154. The molecule has 0 radical (unpaired) electrons. The van der Waals surface area contributed by atoms with Crippen molar-refractivity contribution in [3.05, 3.63) is 77.5 Å². The largest absolute Gasteiger partial charge is 0.538 e. The second kappa shape index (κ2) is 7.04. The van der Waals surface area contributed by atoms with Gasteiger partial charge in [-0.25, -0.2) is 0 Å². The van der Waals surface area contributed by atoms with Gasteiger partial charge in [-0.3, -0.25) is 0 Å². The molecule has 0 unspecified atom stereocenters. The van der Waals surface area contributed by atoms with Crippen LogP contribution in [0.15, 0.2) is 66.4 Å². The van der Waals surface area contributed by atoms with Crippen molar-refractivity contribution < 1.29 is 4.43 Å². The van der Waals surface area contributed by atoms with Gasteiger partial charge in [0.1, 0.15) is 0 Å². The first-order chi connectivity index (χ1) is 10.8. The lowest BCUT2D eigenvalue weighted by molar-refractivity contribution is 0.458. The summed E-state index contributed by atoms with van der Waals surface area (Å²) >= 11 is 0. The number of hydrogen-bond donors (Lipinski definition) is 0. The predicted octanol–water partition coefficient (Wildman–Crippen LogP) is 6.36. The van der Waals surface area contributed by atoms with Gasteiger partial charge < -0.3 is 4.43 Å². The molecule has 0 aliphatic heterocycles. The van der Waals surface area contributed by atoms with Crippen LogP contribution in [0, 0.1) is 0 Å². The Balaban J connectivity index is 2.44. The van der Waals surface area contributed by atoms with Crippen LogP contribution in [-0.2, 0) is 4.43 Å². The monoisotopic (exact) mass is 322 g/mol. The van der Waals surface area contributed by atoms with Gasteiger partial charge in [0, 0.05) is 5.56 Å². The van der Waals surface area contributed by atoms with Crippen molar-refractivity contribution in [1.29, 1.82) is 0 Å². The fraction of sp³-hybridized carbons (Fsp3) is 0.286. The fourth-order valence-corrected chi connectivity index (χ4v) is 2.86. The zero-order valence-corrected chi connectivity index (χ0v) is 15.8. The zero-order chi connectivity index (χ0) is 16.9. The second-order valence-electron chi connectivity index (χ2n) is 7.26. The van der Waals surface area contributed by atoms with E-state index in [0.29, 0.717) is 0 Å². The average Bonchev–Trinajstić information content (AvgIpc) is 2.52. The van der Waals surface area contributed by atoms with Gasteiger partial charge in [-0.2, -0.15) is 0 Å². The maximum absolute atomic E-state index is 6.52. The van der Waals surface area contributed by atoms with Crippen LogP contribution in [0.25, 0.3) is 11.8 Å². The lowest BCUT2D eigenvalue weighted by atomic mass is 10.2. The predicted molar refractivity (Wildman–Crippen MR) is 103 cm³/mol. The van der Waals surface area contributed by atoms with Crippen molar-refractivity contribution in [2.45, 2.75) is 38.9 Å². The smallest absolute Gasteiger partial charge is 0.251 e. The molecule has 0 heterocycles. The van der Waals surface area contributed by atoms with Crippen molar-refractivity contribution in [2.75, 3.05) is 0 Å². The molecule has 0 atom stereocenters. The molecule has 2 rings (SSSR count). The molecule has 0 saturated carbocycles. The Labute approximate surface area is 141 Å². The van der Waals surface area contributed by atoms with E-state index in [1.807, 2.05) is 42.5 Å². The Morgan fingerprint density at radius 1 is 0.913 bits per heavy atom. The summed E-state index contributed by atoms with van der Waals surface area (Å²) in [6, 6.07) is 20.5. The minimum absolute atomic E-state index is 0.154. The highest BCUT2D eigenvalue weighted by molar-refractivity contribution is 6.74. The van der Waals surface area contributed by atoms with E-state index in [1.165, 1.54) is 0 Å². The topological polar surface area (TPSA) is 9.23 Å². The van der Waals surface area contributed by atoms with Crippen LogP contribution in [0.2, 0.25) is 18.1 Å². The van der Waals surface area contributed by atoms with Crippen LogP contribution < -0.4 is 0 Å².